The van der Waals surface area contributed by atoms with Crippen LogP contribution < -0.4 is 38.5 Å². The second-order valence-electron chi connectivity index (χ2n) is 10.3. The van der Waals surface area contributed by atoms with Crippen molar-refractivity contribution in [2.75, 3.05) is 19.6 Å². The molecule has 1 fully saturated rings. The third-order valence-electron chi connectivity index (χ3n) is 6.83. The predicted octanol–water partition coefficient (Wildman–Crippen LogP) is -1.95. The highest BCUT2D eigenvalue weighted by molar-refractivity contribution is 5.98. The maximum atomic E-state index is 13.6. The highest BCUT2D eigenvalue weighted by atomic mass is 16.4. The Morgan fingerprint density at radius 2 is 1.51 bits per heavy atom. The van der Waals surface area contributed by atoms with Gasteiger partial charge in [-0.05, 0) is 50.6 Å². The van der Waals surface area contributed by atoms with Crippen molar-refractivity contribution in [3.8, 4) is 0 Å². The van der Waals surface area contributed by atoms with Crippen molar-refractivity contribution in [2.24, 2.45) is 28.1 Å². The maximum absolute atomic E-state index is 13.6. The van der Waals surface area contributed by atoms with Gasteiger partial charge in [-0.2, -0.15) is 0 Å². The quantitative estimate of drug-likeness (QED) is 0.0744. The van der Waals surface area contributed by atoms with Gasteiger partial charge in [0.15, 0.2) is 11.7 Å². The third-order valence-corrected chi connectivity index (χ3v) is 6.83. The summed E-state index contributed by atoms with van der Waals surface area (Å²) in [7, 11) is 0. The molecule has 0 aliphatic carbocycles. The summed E-state index contributed by atoms with van der Waals surface area (Å²) in [4.78, 5) is 81.4. The van der Waals surface area contributed by atoms with Gasteiger partial charge >= 0.3 is 5.97 Å². The number of hydrogen-bond donors (Lipinski definition) is 8. The standard InChI is InChI=1S/C28H42N8O7/c29-11-5-4-9-20-27(43)36-19(10-6-12-32-28(30)31)26(42)33-16-23(38)34-21(15-24(39)40)22(37)14-18(25(41)35-20)13-17-7-2-1-3-8-17/h1-3,7-8,18-21H,4-6,9-16,29H2,(H,33,42)(H,34,38)(H,35,41)(H,36,43)(H,39,40)(H4,30,31,32)/t18-,19+,20-,21+/m1/s1. The molecule has 4 amide bonds. The zero-order chi connectivity index (χ0) is 31.8. The Kier molecular flexibility index (Phi) is 14.6. The Morgan fingerprint density at radius 3 is 2.16 bits per heavy atom. The summed E-state index contributed by atoms with van der Waals surface area (Å²) in [6.07, 6.45) is 0.720. The topological polar surface area (TPSA) is 261 Å². The molecule has 1 aromatic carbocycles. The minimum Gasteiger partial charge on any atom is -0.481 e. The molecule has 1 aromatic rings. The van der Waals surface area contributed by atoms with Gasteiger partial charge in [0.05, 0.1) is 19.0 Å². The van der Waals surface area contributed by atoms with Gasteiger partial charge in [-0.3, -0.25) is 33.8 Å². The van der Waals surface area contributed by atoms with Crippen LogP contribution in [0.25, 0.3) is 0 Å². The zero-order valence-corrected chi connectivity index (χ0v) is 24.1. The van der Waals surface area contributed by atoms with E-state index < -0.39 is 78.8 Å². The van der Waals surface area contributed by atoms with Crippen LogP contribution in [0.5, 0.6) is 0 Å². The van der Waals surface area contributed by atoms with Crippen LogP contribution in [-0.4, -0.2) is 84.2 Å². The largest absolute Gasteiger partial charge is 0.481 e. The molecule has 1 saturated heterocycles. The van der Waals surface area contributed by atoms with Crippen molar-refractivity contribution in [3.05, 3.63) is 35.9 Å². The van der Waals surface area contributed by atoms with E-state index in [1.54, 1.807) is 30.3 Å². The lowest BCUT2D eigenvalue weighted by atomic mass is 9.90. The molecule has 4 atom stereocenters. The summed E-state index contributed by atoms with van der Waals surface area (Å²) in [5.41, 5.74) is 17.1. The van der Waals surface area contributed by atoms with Crippen molar-refractivity contribution < 1.29 is 33.9 Å². The summed E-state index contributed by atoms with van der Waals surface area (Å²) in [5, 5.41) is 19.5. The molecule has 0 unspecified atom stereocenters. The van der Waals surface area contributed by atoms with E-state index in [4.69, 9.17) is 17.2 Å². The van der Waals surface area contributed by atoms with Crippen LogP contribution in [0.2, 0.25) is 0 Å². The predicted molar refractivity (Wildman–Crippen MR) is 157 cm³/mol. The zero-order valence-electron chi connectivity index (χ0n) is 24.1. The van der Waals surface area contributed by atoms with E-state index in [0.717, 1.165) is 5.56 Å². The molecule has 15 heteroatoms. The molecule has 0 spiro atoms. The monoisotopic (exact) mass is 602 g/mol. The van der Waals surface area contributed by atoms with Gasteiger partial charge in [-0.1, -0.05) is 30.3 Å². The number of carbonyl (C=O) groups excluding carboxylic acids is 5. The number of rotatable bonds is 12. The van der Waals surface area contributed by atoms with Crippen molar-refractivity contribution in [1.29, 1.82) is 0 Å². The SMILES string of the molecule is NCCCC[C@H]1NC(=O)[C@H](Cc2ccccc2)CC(=O)[C@H](CC(=O)O)NC(=O)CNC(=O)[C@H](CCCN=C(N)N)NC1=O. The first-order chi connectivity index (χ1) is 20.5. The van der Waals surface area contributed by atoms with Crippen LogP contribution in [0.1, 0.15) is 50.5 Å². The number of aliphatic carboxylic acids is 1. The average Bonchev–Trinajstić information content (AvgIpc) is 2.95. The van der Waals surface area contributed by atoms with Crippen molar-refractivity contribution in [3.63, 3.8) is 0 Å². The second-order valence-corrected chi connectivity index (χ2v) is 10.3. The molecular weight excluding hydrogens is 560 g/mol. The molecule has 1 heterocycles. The Hall–Kier alpha value is -4.53. The summed E-state index contributed by atoms with van der Waals surface area (Å²) < 4.78 is 0. The van der Waals surface area contributed by atoms with E-state index in [9.17, 15) is 33.9 Å². The molecule has 11 N–H and O–H groups in total. The van der Waals surface area contributed by atoms with Crippen LogP contribution in [0.15, 0.2) is 35.3 Å². The van der Waals surface area contributed by atoms with E-state index in [1.165, 1.54) is 0 Å². The van der Waals surface area contributed by atoms with Gasteiger partial charge in [0, 0.05) is 18.9 Å². The molecule has 0 radical (unpaired) electrons. The van der Waals surface area contributed by atoms with Crippen LogP contribution in [0.3, 0.4) is 0 Å². The lowest BCUT2D eigenvalue weighted by Gasteiger charge is -2.25. The summed E-state index contributed by atoms with van der Waals surface area (Å²) >= 11 is 0. The maximum Gasteiger partial charge on any atom is 0.305 e. The van der Waals surface area contributed by atoms with Crippen molar-refractivity contribution in [1.82, 2.24) is 21.3 Å². The lowest BCUT2D eigenvalue weighted by Crippen LogP contribution is -2.55. The fraction of sp³-hybridized carbons (Fsp3) is 0.536. The molecule has 1 aliphatic heterocycles. The molecule has 1 aliphatic rings. The molecule has 0 aromatic heterocycles. The summed E-state index contributed by atoms with van der Waals surface area (Å²) in [6.45, 7) is -0.0262. The summed E-state index contributed by atoms with van der Waals surface area (Å²) in [5.74, 6) is -5.85. The van der Waals surface area contributed by atoms with E-state index in [1.807, 2.05) is 0 Å². The number of guanidine groups is 1. The van der Waals surface area contributed by atoms with Crippen LogP contribution >= 0.6 is 0 Å². The minimum atomic E-state index is -1.44. The van der Waals surface area contributed by atoms with Gasteiger partial charge in [-0.15, -0.1) is 0 Å². The number of nitrogens with zero attached hydrogens (tertiary/aromatic N) is 1. The van der Waals surface area contributed by atoms with Crippen LogP contribution in [0.4, 0.5) is 0 Å². The minimum absolute atomic E-state index is 0.107. The molecule has 15 nitrogen and oxygen atoms in total. The Labute approximate surface area is 249 Å². The van der Waals surface area contributed by atoms with Crippen LogP contribution in [-0.2, 0) is 35.2 Å². The van der Waals surface area contributed by atoms with E-state index in [2.05, 4.69) is 26.3 Å². The Balaban J connectivity index is 2.44. The highest BCUT2D eigenvalue weighted by Crippen LogP contribution is 2.17. The number of hydrogen-bond acceptors (Lipinski definition) is 8. The first kappa shape index (κ1) is 34.7. The smallest absolute Gasteiger partial charge is 0.305 e. The molecule has 2 rings (SSSR count). The van der Waals surface area contributed by atoms with Gasteiger partial charge in [0.2, 0.25) is 23.6 Å². The second kappa shape index (κ2) is 18.1. The fourth-order valence-electron chi connectivity index (χ4n) is 4.59. The number of benzene rings is 1. The van der Waals surface area contributed by atoms with Crippen LogP contribution in [0, 0.1) is 5.92 Å². The molecule has 0 bridgehead atoms. The van der Waals surface area contributed by atoms with E-state index in [0.29, 0.717) is 25.8 Å². The molecule has 236 valence electrons. The highest BCUT2D eigenvalue weighted by Gasteiger charge is 2.33. The summed E-state index contributed by atoms with van der Waals surface area (Å²) in [6, 6.07) is 5.30. The van der Waals surface area contributed by atoms with Crippen molar-refractivity contribution in [2.45, 2.75) is 69.5 Å². The first-order valence-electron chi connectivity index (χ1n) is 14.2. The molecular formula is C28H42N8O7. The lowest BCUT2D eigenvalue weighted by molar-refractivity contribution is -0.140. The number of carbonyl (C=O) groups is 6. The number of amides is 4. The van der Waals surface area contributed by atoms with Crippen molar-refractivity contribution >= 4 is 41.3 Å². The van der Waals surface area contributed by atoms with Gasteiger partial charge < -0.3 is 43.6 Å². The molecule has 43 heavy (non-hydrogen) atoms. The fourth-order valence-corrected chi connectivity index (χ4v) is 4.59. The number of aliphatic imine (C=N–C) groups is 1. The number of Topliss-reactive ketones (excluding diaryl/α,β-unsaturated/α-hetero) is 1. The van der Waals surface area contributed by atoms with Gasteiger partial charge in [0.25, 0.3) is 0 Å². The molecule has 0 saturated carbocycles. The average molecular weight is 603 g/mol. The Bertz CT molecular complexity index is 1160. The number of carboxylic acids is 1. The number of nitrogens with two attached hydrogens (primary N) is 3. The first-order valence-corrected chi connectivity index (χ1v) is 14.2. The number of nitrogens with one attached hydrogen (secondary N) is 4. The van der Waals surface area contributed by atoms with E-state index >= 15 is 0 Å². The number of unbranched alkanes of at least 4 members (excludes halogenated alkanes) is 1. The number of carboxylic acid groups (broad SMARTS) is 1. The number of ketones is 1. The van der Waals surface area contributed by atoms with E-state index in [-0.39, 0.29) is 31.8 Å². The van der Waals surface area contributed by atoms with Gasteiger partial charge in [0.1, 0.15) is 12.1 Å². The normalized spacial score (nSPS) is 22.2. The third kappa shape index (κ3) is 12.9. The van der Waals surface area contributed by atoms with Gasteiger partial charge in [-0.25, -0.2) is 0 Å². The Morgan fingerprint density at radius 1 is 0.860 bits per heavy atom.